The first kappa shape index (κ1) is 19.7. The number of esters is 1. The van der Waals surface area contributed by atoms with Gasteiger partial charge < -0.3 is 15.0 Å². The molecule has 138 valence electrons. The summed E-state index contributed by atoms with van der Waals surface area (Å²) in [6.45, 7) is 6.11. The molecule has 0 unspecified atom stereocenters. The van der Waals surface area contributed by atoms with Crippen LogP contribution in [-0.2, 0) is 9.53 Å². The Morgan fingerprint density at radius 2 is 1.92 bits per heavy atom. The van der Waals surface area contributed by atoms with Crippen molar-refractivity contribution >= 4 is 34.9 Å². The molecule has 2 aromatic rings. The Bertz CT molecular complexity index is 892. The number of carbonyl (C=O) groups is 3. The van der Waals surface area contributed by atoms with E-state index in [9.17, 15) is 18.8 Å². The summed E-state index contributed by atoms with van der Waals surface area (Å²) in [5.41, 5.74) is 1.85. The molecule has 26 heavy (non-hydrogen) atoms. The van der Waals surface area contributed by atoms with Gasteiger partial charge in [0.05, 0.1) is 5.02 Å². The van der Waals surface area contributed by atoms with Crippen LogP contribution in [0.3, 0.4) is 0 Å². The molecule has 0 aliphatic rings. The van der Waals surface area contributed by atoms with Gasteiger partial charge in [-0.15, -0.1) is 0 Å². The Morgan fingerprint density at radius 3 is 2.46 bits per heavy atom. The standard InChI is InChI=1S/C18H18ClFN2O4/c1-8-15(10(3)23)9(2)21-16(8)18(25)26-11(4)17(24)22-12-5-6-14(20)13(19)7-12/h5-7,11,21H,1-4H3,(H,22,24)/t11-/m1/s1. The normalized spacial score (nSPS) is 11.8. The number of ether oxygens (including phenoxy) is 1. The number of H-pyrrole nitrogens is 1. The predicted molar refractivity (Wildman–Crippen MR) is 95.2 cm³/mol. The molecule has 0 aliphatic heterocycles. The average molecular weight is 381 g/mol. The molecule has 1 aromatic carbocycles. The number of ketones is 1. The molecule has 0 saturated heterocycles. The second-order valence-electron chi connectivity index (χ2n) is 5.85. The van der Waals surface area contributed by atoms with Crippen molar-refractivity contribution < 1.29 is 23.5 Å². The van der Waals surface area contributed by atoms with Gasteiger partial charge in [0, 0.05) is 16.9 Å². The number of nitrogens with one attached hydrogen (secondary N) is 2. The number of amides is 1. The number of benzene rings is 1. The Balaban J connectivity index is 2.09. The lowest BCUT2D eigenvalue weighted by Crippen LogP contribution is -2.30. The van der Waals surface area contributed by atoms with Gasteiger partial charge in [-0.1, -0.05) is 11.6 Å². The number of anilines is 1. The maximum atomic E-state index is 13.1. The fourth-order valence-corrected chi connectivity index (χ4v) is 2.75. The third kappa shape index (κ3) is 4.11. The highest BCUT2D eigenvalue weighted by molar-refractivity contribution is 6.31. The minimum absolute atomic E-state index is 0.122. The Labute approximate surface area is 154 Å². The number of aromatic amines is 1. The van der Waals surface area contributed by atoms with Crippen LogP contribution in [0.1, 0.15) is 46.0 Å². The molecule has 0 saturated carbocycles. The van der Waals surface area contributed by atoms with Crippen LogP contribution in [0.5, 0.6) is 0 Å². The molecule has 1 atom stereocenters. The minimum atomic E-state index is -1.12. The van der Waals surface area contributed by atoms with Gasteiger partial charge in [0.1, 0.15) is 11.5 Å². The first-order valence-electron chi connectivity index (χ1n) is 7.78. The van der Waals surface area contributed by atoms with Crippen LogP contribution in [0.2, 0.25) is 5.02 Å². The van der Waals surface area contributed by atoms with Crippen LogP contribution >= 0.6 is 11.6 Å². The van der Waals surface area contributed by atoms with Crippen molar-refractivity contribution in [2.75, 3.05) is 5.32 Å². The fourth-order valence-electron chi connectivity index (χ4n) is 2.57. The minimum Gasteiger partial charge on any atom is -0.448 e. The topological polar surface area (TPSA) is 88.3 Å². The number of hydrogen-bond acceptors (Lipinski definition) is 4. The van der Waals surface area contributed by atoms with E-state index in [4.69, 9.17) is 16.3 Å². The largest absolute Gasteiger partial charge is 0.448 e. The van der Waals surface area contributed by atoms with Crippen molar-refractivity contribution in [1.82, 2.24) is 4.98 Å². The van der Waals surface area contributed by atoms with E-state index in [1.54, 1.807) is 13.8 Å². The molecular formula is C18H18ClFN2O4. The van der Waals surface area contributed by atoms with E-state index in [0.717, 1.165) is 6.07 Å². The molecule has 0 aliphatic carbocycles. The van der Waals surface area contributed by atoms with E-state index >= 15 is 0 Å². The zero-order valence-electron chi connectivity index (χ0n) is 14.7. The molecule has 0 spiro atoms. The van der Waals surface area contributed by atoms with Crippen LogP contribution < -0.4 is 5.32 Å². The summed E-state index contributed by atoms with van der Waals surface area (Å²) < 4.78 is 18.3. The summed E-state index contributed by atoms with van der Waals surface area (Å²) in [6, 6.07) is 3.70. The zero-order chi connectivity index (χ0) is 19.6. The van der Waals surface area contributed by atoms with Gasteiger partial charge in [0.15, 0.2) is 11.9 Å². The Hall–Kier alpha value is -2.67. The first-order valence-corrected chi connectivity index (χ1v) is 8.16. The number of hydrogen-bond donors (Lipinski definition) is 2. The van der Waals surface area contributed by atoms with Crippen molar-refractivity contribution in [1.29, 1.82) is 0 Å². The van der Waals surface area contributed by atoms with Crippen LogP contribution in [0.4, 0.5) is 10.1 Å². The van der Waals surface area contributed by atoms with Gasteiger partial charge in [-0.3, -0.25) is 9.59 Å². The number of aromatic nitrogens is 1. The molecule has 8 heteroatoms. The summed E-state index contributed by atoms with van der Waals surface area (Å²) >= 11 is 5.66. The quantitative estimate of drug-likeness (QED) is 0.609. The molecule has 0 radical (unpaired) electrons. The third-order valence-corrected chi connectivity index (χ3v) is 4.12. The second kappa shape index (κ2) is 7.70. The summed E-state index contributed by atoms with van der Waals surface area (Å²) in [5.74, 6) is -2.14. The molecule has 1 heterocycles. The summed E-state index contributed by atoms with van der Waals surface area (Å²) in [4.78, 5) is 38.9. The van der Waals surface area contributed by atoms with Crippen LogP contribution in [0.15, 0.2) is 18.2 Å². The maximum Gasteiger partial charge on any atom is 0.355 e. The van der Waals surface area contributed by atoms with Gasteiger partial charge in [-0.25, -0.2) is 9.18 Å². The first-order chi connectivity index (χ1) is 12.1. The maximum absolute atomic E-state index is 13.1. The lowest BCUT2D eigenvalue weighted by Gasteiger charge is -2.13. The van der Waals surface area contributed by atoms with E-state index in [1.807, 2.05) is 0 Å². The smallest absolute Gasteiger partial charge is 0.355 e. The second-order valence-corrected chi connectivity index (χ2v) is 6.25. The van der Waals surface area contributed by atoms with E-state index in [0.29, 0.717) is 16.8 Å². The Kier molecular flexibility index (Phi) is 5.82. The summed E-state index contributed by atoms with van der Waals surface area (Å²) in [5, 5.41) is 2.35. The Morgan fingerprint density at radius 1 is 1.27 bits per heavy atom. The SMILES string of the molecule is CC(=O)c1c(C)[nH]c(C(=O)O[C@H](C)C(=O)Nc2ccc(F)c(Cl)c2)c1C. The summed E-state index contributed by atoms with van der Waals surface area (Å²) in [6.07, 6.45) is -1.12. The van der Waals surface area contributed by atoms with E-state index in [2.05, 4.69) is 10.3 Å². The molecular weight excluding hydrogens is 363 g/mol. The van der Waals surface area contributed by atoms with Crippen LogP contribution in [0.25, 0.3) is 0 Å². The number of aryl methyl sites for hydroxylation is 1. The van der Waals surface area contributed by atoms with E-state index < -0.39 is 23.8 Å². The number of halogens is 2. The lowest BCUT2D eigenvalue weighted by atomic mass is 10.1. The van der Waals surface area contributed by atoms with Gasteiger partial charge in [0.25, 0.3) is 5.91 Å². The lowest BCUT2D eigenvalue weighted by molar-refractivity contribution is -0.123. The van der Waals surface area contributed by atoms with Crippen molar-refractivity contribution in [2.24, 2.45) is 0 Å². The van der Waals surface area contributed by atoms with Gasteiger partial charge in [-0.2, -0.15) is 0 Å². The highest BCUT2D eigenvalue weighted by atomic mass is 35.5. The van der Waals surface area contributed by atoms with Crippen molar-refractivity contribution in [3.63, 3.8) is 0 Å². The average Bonchev–Trinajstić information content (AvgIpc) is 2.85. The van der Waals surface area contributed by atoms with Crippen molar-refractivity contribution in [2.45, 2.75) is 33.8 Å². The highest BCUT2D eigenvalue weighted by Crippen LogP contribution is 2.21. The molecule has 6 nitrogen and oxygen atoms in total. The predicted octanol–water partition coefficient (Wildman–Crippen LogP) is 3.81. The van der Waals surface area contributed by atoms with Crippen LogP contribution in [-0.4, -0.2) is 28.7 Å². The number of carbonyl (C=O) groups excluding carboxylic acids is 3. The third-order valence-electron chi connectivity index (χ3n) is 3.83. The van der Waals surface area contributed by atoms with E-state index in [-0.39, 0.29) is 22.2 Å². The highest BCUT2D eigenvalue weighted by Gasteiger charge is 2.24. The zero-order valence-corrected chi connectivity index (χ0v) is 15.5. The molecule has 2 N–H and O–H groups in total. The monoisotopic (exact) mass is 380 g/mol. The fraction of sp³-hybridized carbons (Fsp3) is 0.278. The molecule has 1 aromatic heterocycles. The van der Waals surface area contributed by atoms with Crippen molar-refractivity contribution in [3.8, 4) is 0 Å². The van der Waals surface area contributed by atoms with Gasteiger partial charge >= 0.3 is 5.97 Å². The molecule has 1 amide bonds. The summed E-state index contributed by atoms with van der Waals surface area (Å²) in [7, 11) is 0. The van der Waals surface area contributed by atoms with Crippen LogP contribution in [0, 0.1) is 19.7 Å². The van der Waals surface area contributed by atoms with Gasteiger partial charge in [-0.05, 0) is 51.5 Å². The molecule has 0 bridgehead atoms. The number of Topliss-reactive ketones (excluding diaryl/α,β-unsaturated/α-hetero) is 1. The van der Waals surface area contributed by atoms with E-state index in [1.165, 1.54) is 26.0 Å². The van der Waals surface area contributed by atoms with Gasteiger partial charge in [0.2, 0.25) is 0 Å². The number of rotatable bonds is 5. The molecule has 2 rings (SSSR count). The molecule has 0 fully saturated rings. The van der Waals surface area contributed by atoms with Crippen molar-refractivity contribution in [3.05, 3.63) is 51.6 Å².